The molecular weight excluding hydrogens is 554 g/mol. The van der Waals surface area contributed by atoms with Crippen molar-refractivity contribution in [2.75, 3.05) is 5.32 Å². The van der Waals surface area contributed by atoms with E-state index >= 15 is 0 Å². The summed E-state index contributed by atoms with van der Waals surface area (Å²) >= 11 is 0. The number of benzene rings is 2. The molecule has 3 amide bonds. The van der Waals surface area contributed by atoms with Crippen LogP contribution in [-0.2, 0) is 14.4 Å². The summed E-state index contributed by atoms with van der Waals surface area (Å²) < 4.78 is 78.0. The maximum atomic E-state index is 13.3. The zero-order valence-electron chi connectivity index (χ0n) is 21.7. The molecule has 0 radical (unpaired) electrons. The number of anilines is 1. The smallest absolute Gasteiger partial charge is 0.369 e. The van der Waals surface area contributed by atoms with Crippen LogP contribution in [0.15, 0.2) is 53.5 Å². The molecule has 41 heavy (non-hydrogen) atoms. The van der Waals surface area contributed by atoms with E-state index in [1.807, 2.05) is 6.07 Å². The Balaban J connectivity index is 1.69. The molecule has 1 fully saturated rings. The molecule has 13 heteroatoms. The van der Waals surface area contributed by atoms with Crippen molar-refractivity contribution in [3.63, 3.8) is 0 Å². The van der Waals surface area contributed by atoms with Crippen LogP contribution in [0.25, 0.3) is 0 Å². The van der Waals surface area contributed by atoms with Crippen molar-refractivity contribution < 1.29 is 40.7 Å². The summed E-state index contributed by atoms with van der Waals surface area (Å²) in [6.07, 6.45) is -14.4. The second kappa shape index (κ2) is 11.9. The molecule has 4 rings (SSSR count). The van der Waals surface area contributed by atoms with Gasteiger partial charge in [-0.3, -0.25) is 14.4 Å². The quantitative estimate of drug-likeness (QED) is 0.335. The topological polar surface area (TPSA) is 114 Å². The van der Waals surface area contributed by atoms with E-state index in [4.69, 9.17) is 5.73 Å². The fraction of sp³-hybridized carbons (Fsp3) is 0.429. The number of nitrogens with zero attached hydrogens (tertiary/aromatic N) is 1. The number of fused-ring (bicyclic) bond motifs is 1. The van der Waals surface area contributed by atoms with Gasteiger partial charge in [0.25, 0.3) is 5.91 Å². The summed E-state index contributed by atoms with van der Waals surface area (Å²) in [7, 11) is 0. The lowest BCUT2D eigenvalue weighted by molar-refractivity contribution is -0.152. The fourth-order valence-electron chi connectivity index (χ4n) is 4.95. The van der Waals surface area contributed by atoms with Crippen LogP contribution >= 0.6 is 0 Å². The first-order chi connectivity index (χ1) is 19.2. The lowest BCUT2D eigenvalue weighted by Gasteiger charge is -2.26. The minimum atomic E-state index is -4.76. The van der Waals surface area contributed by atoms with Gasteiger partial charge in [-0.05, 0) is 37.2 Å². The summed E-state index contributed by atoms with van der Waals surface area (Å²) in [5.74, 6) is -6.90. The van der Waals surface area contributed by atoms with Gasteiger partial charge in [0.15, 0.2) is 0 Å². The predicted molar refractivity (Wildman–Crippen MR) is 138 cm³/mol. The van der Waals surface area contributed by atoms with E-state index < -0.39 is 73.8 Å². The minimum absolute atomic E-state index is 0.213. The monoisotopic (exact) mass is 582 g/mol. The molecule has 7 nitrogen and oxygen atoms in total. The number of halogens is 6. The van der Waals surface area contributed by atoms with Crippen molar-refractivity contribution in [3.05, 3.63) is 65.2 Å². The molecule has 0 unspecified atom stereocenters. The van der Waals surface area contributed by atoms with Crippen molar-refractivity contribution in [1.29, 1.82) is 0 Å². The highest BCUT2D eigenvalue weighted by molar-refractivity contribution is 6.20. The summed E-state index contributed by atoms with van der Waals surface area (Å²) in [6.45, 7) is 0. The molecule has 1 aliphatic heterocycles. The van der Waals surface area contributed by atoms with Crippen molar-refractivity contribution >= 4 is 29.1 Å². The highest BCUT2D eigenvalue weighted by atomic mass is 19.4. The Labute approximate surface area is 231 Å². The van der Waals surface area contributed by atoms with Gasteiger partial charge >= 0.3 is 12.4 Å². The average Bonchev–Trinajstić information content (AvgIpc) is 3.73. The van der Waals surface area contributed by atoms with Crippen LogP contribution in [0, 0.1) is 11.8 Å². The highest BCUT2D eigenvalue weighted by Gasteiger charge is 2.41. The number of alkyl halides is 6. The number of carbonyl (C=O) groups is 3. The number of amides is 3. The molecule has 0 bridgehead atoms. The lowest BCUT2D eigenvalue weighted by atomic mass is 9.83. The Bertz CT molecular complexity index is 1320. The van der Waals surface area contributed by atoms with Gasteiger partial charge < -0.3 is 16.4 Å². The summed E-state index contributed by atoms with van der Waals surface area (Å²) in [4.78, 5) is 43.2. The normalized spacial score (nSPS) is 18.8. The van der Waals surface area contributed by atoms with Gasteiger partial charge in [-0.25, -0.2) is 4.99 Å². The fourth-order valence-corrected chi connectivity index (χ4v) is 4.95. The first-order valence-electron chi connectivity index (χ1n) is 13.0. The molecule has 2 aromatic carbocycles. The molecule has 1 saturated carbocycles. The molecule has 0 saturated heterocycles. The van der Waals surface area contributed by atoms with E-state index in [0.29, 0.717) is 22.5 Å². The number of benzodiazepines with no additional fused rings is 1. The molecule has 220 valence electrons. The number of rotatable bonds is 10. The van der Waals surface area contributed by atoms with Gasteiger partial charge in [-0.15, -0.1) is 0 Å². The largest absolute Gasteiger partial charge is 0.389 e. The van der Waals surface area contributed by atoms with Crippen molar-refractivity contribution in [2.45, 2.75) is 63.0 Å². The number of para-hydroxylation sites is 1. The molecule has 1 heterocycles. The number of hydrogen-bond donors (Lipinski definition) is 3. The zero-order chi connectivity index (χ0) is 29.9. The highest BCUT2D eigenvalue weighted by Crippen LogP contribution is 2.45. The van der Waals surface area contributed by atoms with Gasteiger partial charge in [0.2, 0.25) is 18.0 Å². The molecule has 2 aromatic rings. The standard InChI is InChI=1S/C28H28F6N4O3/c29-27(30,31)13-11-18(23(35)39)19(12-14-28(32,33)34)25(40)38-24-26(41)37-22-17(15-9-10-15)7-4-8-20(22)21(36-24)16-5-2-1-3-6-16/h1-8,15,18-19,24H,9-14H2,(H2,35,39)(H,37,41)(H,38,40)/t18-,19+,24-/m1/s1. The van der Waals surface area contributed by atoms with Gasteiger partial charge in [0, 0.05) is 35.8 Å². The maximum Gasteiger partial charge on any atom is 0.389 e. The summed E-state index contributed by atoms with van der Waals surface area (Å²) in [6, 6.07) is 14.1. The third-order valence-electron chi connectivity index (χ3n) is 7.12. The van der Waals surface area contributed by atoms with Crippen molar-refractivity contribution in [3.8, 4) is 0 Å². The van der Waals surface area contributed by atoms with Crippen LogP contribution in [0.2, 0.25) is 0 Å². The first-order valence-corrected chi connectivity index (χ1v) is 13.0. The van der Waals surface area contributed by atoms with Crippen molar-refractivity contribution in [1.82, 2.24) is 5.32 Å². The Morgan fingerprint density at radius 2 is 1.54 bits per heavy atom. The van der Waals surface area contributed by atoms with Crippen LogP contribution in [0.4, 0.5) is 32.0 Å². The lowest BCUT2D eigenvalue weighted by Crippen LogP contribution is -2.48. The van der Waals surface area contributed by atoms with Gasteiger partial charge in [0.05, 0.1) is 11.4 Å². The van der Waals surface area contributed by atoms with Crippen LogP contribution in [0.1, 0.15) is 61.1 Å². The number of hydrogen-bond acceptors (Lipinski definition) is 4. The minimum Gasteiger partial charge on any atom is -0.369 e. The molecule has 1 aliphatic carbocycles. The molecule has 0 spiro atoms. The average molecular weight is 583 g/mol. The predicted octanol–water partition coefficient (Wildman–Crippen LogP) is 5.20. The van der Waals surface area contributed by atoms with E-state index in [1.165, 1.54) is 0 Å². The third-order valence-corrected chi connectivity index (χ3v) is 7.12. The zero-order valence-corrected chi connectivity index (χ0v) is 21.7. The van der Waals surface area contributed by atoms with Crippen molar-refractivity contribution in [2.24, 2.45) is 22.6 Å². The Hall–Kier alpha value is -3.90. The van der Waals surface area contributed by atoms with Crippen LogP contribution in [0.3, 0.4) is 0 Å². The second-order valence-corrected chi connectivity index (χ2v) is 10.2. The van der Waals surface area contributed by atoms with E-state index in [9.17, 15) is 40.7 Å². The van der Waals surface area contributed by atoms with Crippen LogP contribution in [0.5, 0.6) is 0 Å². The van der Waals surface area contributed by atoms with Gasteiger partial charge in [-0.1, -0.05) is 48.5 Å². The molecule has 4 N–H and O–H groups in total. The number of aliphatic imine (C=N–C) groups is 1. The number of carbonyl (C=O) groups excluding carboxylic acids is 3. The van der Waals surface area contributed by atoms with E-state index in [2.05, 4.69) is 15.6 Å². The molecule has 2 aliphatic rings. The number of nitrogens with two attached hydrogens (primary N) is 1. The summed E-state index contributed by atoms with van der Waals surface area (Å²) in [5.41, 5.74) is 8.11. The summed E-state index contributed by atoms with van der Waals surface area (Å²) in [5, 5.41) is 5.05. The maximum absolute atomic E-state index is 13.3. The Morgan fingerprint density at radius 1 is 0.927 bits per heavy atom. The Morgan fingerprint density at radius 3 is 2.10 bits per heavy atom. The van der Waals surface area contributed by atoms with E-state index in [1.54, 1.807) is 42.5 Å². The first kappa shape index (κ1) is 30.1. The van der Waals surface area contributed by atoms with E-state index in [0.717, 1.165) is 18.4 Å². The number of nitrogens with one attached hydrogen (secondary N) is 2. The van der Waals surface area contributed by atoms with Crippen LogP contribution < -0.4 is 16.4 Å². The van der Waals surface area contributed by atoms with Gasteiger partial charge in [0.1, 0.15) is 0 Å². The molecular formula is C28H28F6N4O3. The molecule has 0 aromatic heterocycles. The number of primary amides is 1. The van der Waals surface area contributed by atoms with E-state index in [-0.39, 0.29) is 5.92 Å². The van der Waals surface area contributed by atoms with Crippen LogP contribution in [-0.4, -0.2) is 42.0 Å². The Kier molecular flexibility index (Phi) is 8.74. The third kappa shape index (κ3) is 7.86. The molecule has 3 atom stereocenters. The second-order valence-electron chi connectivity index (χ2n) is 10.2. The SMILES string of the molecule is NC(=O)[C@H](CCC(F)(F)F)[C@H](CCC(F)(F)F)C(=O)N[C@H]1N=C(c2ccccc2)c2cccc(C3CC3)c2NC1=O. The van der Waals surface area contributed by atoms with Gasteiger partial charge in [-0.2, -0.15) is 26.3 Å².